The zero-order chi connectivity index (χ0) is 19.4. The molecule has 0 aliphatic carbocycles. The van der Waals surface area contributed by atoms with Crippen LogP contribution in [0.1, 0.15) is 28.8 Å². The number of pyridine rings is 1. The first-order chi connectivity index (χ1) is 12.9. The third-order valence-corrected chi connectivity index (χ3v) is 4.49. The van der Waals surface area contributed by atoms with Gasteiger partial charge in [0.1, 0.15) is 11.4 Å². The van der Waals surface area contributed by atoms with Crippen molar-refractivity contribution in [1.82, 2.24) is 9.47 Å². The molecule has 2 heterocycles. The number of aromatic nitrogens is 1. The summed E-state index contributed by atoms with van der Waals surface area (Å²) < 4.78 is 6.73. The number of likely N-dealkylation sites (tertiary alicyclic amines) is 1. The number of aryl methyl sites for hydroxylation is 2. The molecule has 1 fully saturated rings. The maximum absolute atomic E-state index is 12.6. The summed E-state index contributed by atoms with van der Waals surface area (Å²) in [6, 6.07) is 8.76. The molecule has 1 N–H and O–H groups in total. The Labute approximate surface area is 157 Å². The van der Waals surface area contributed by atoms with Crippen molar-refractivity contribution in [3.05, 3.63) is 58.0 Å². The fourth-order valence-corrected chi connectivity index (χ4v) is 2.99. The van der Waals surface area contributed by atoms with Crippen molar-refractivity contribution in [1.29, 1.82) is 0 Å². The van der Waals surface area contributed by atoms with E-state index in [0.717, 1.165) is 18.4 Å². The lowest BCUT2D eigenvalue weighted by molar-refractivity contribution is -0.118. The van der Waals surface area contributed by atoms with Crippen LogP contribution in [0.5, 0.6) is 5.75 Å². The van der Waals surface area contributed by atoms with E-state index in [1.54, 1.807) is 24.1 Å². The molecule has 0 atom stereocenters. The lowest BCUT2D eigenvalue weighted by Gasteiger charge is -2.16. The van der Waals surface area contributed by atoms with E-state index in [4.69, 9.17) is 4.74 Å². The maximum atomic E-state index is 12.6. The summed E-state index contributed by atoms with van der Waals surface area (Å²) in [5.74, 6) is -0.0189. The van der Waals surface area contributed by atoms with Gasteiger partial charge in [0, 0.05) is 26.3 Å². The van der Waals surface area contributed by atoms with Crippen molar-refractivity contribution in [2.45, 2.75) is 19.8 Å². The van der Waals surface area contributed by atoms with Gasteiger partial charge in [-0.3, -0.25) is 14.4 Å². The summed E-state index contributed by atoms with van der Waals surface area (Å²) in [5.41, 5.74) is 1.17. The Morgan fingerprint density at radius 2 is 1.81 bits per heavy atom. The second-order valence-corrected chi connectivity index (χ2v) is 6.71. The summed E-state index contributed by atoms with van der Waals surface area (Å²) in [4.78, 5) is 38.8. The largest absolute Gasteiger partial charge is 0.484 e. The first-order valence-corrected chi connectivity index (χ1v) is 8.93. The number of nitrogens with one attached hydrogen (secondary N) is 1. The SMILES string of the molecule is Cc1ccc(OCC(=O)Nc2cc(C(=O)N3CCCC3)cn(C)c2=O)cc1. The molecule has 1 saturated heterocycles. The van der Waals surface area contributed by atoms with E-state index in [2.05, 4.69) is 5.32 Å². The molecule has 2 amide bonds. The topological polar surface area (TPSA) is 80.6 Å². The average molecular weight is 369 g/mol. The van der Waals surface area contributed by atoms with Gasteiger partial charge in [-0.2, -0.15) is 0 Å². The van der Waals surface area contributed by atoms with E-state index in [9.17, 15) is 14.4 Å². The number of anilines is 1. The van der Waals surface area contributed by atoms with Gasteiger partial charge in [-0.15, -0.1) is 0 Å². The van der Waals surface area contributed by atoms with Crippen molar-refractivity contribution in [3.8, 4) is 5.75 Å². The molecule has 3 rings (SSSR count). The minimum atomic E-state index is -0.460. The van der Waals surface area contributed by atoms with Crippen LogP contribution in [0, 0.1) is 6.92 Å². The van der Waals surface area contributed by atoms with E-state index in [1.165, 1.54) is 16.8 Å². The Bertz CT molecular complexity index is 896. The molecule has 0 radical (unpaired) electrons. The van der Waals surface area contributed by atoms with Crippen molar-refractivity contribution >= 4 is 17.5 Å². The normalized spacial score (nSPS) is 13.5. The summed E-state index contributed by atoms with van der Waals surface area (Å²) in [6.07, 6.45) is 3.47. The molecule has 142 valence electrons. The molecule has 0 bridgehead atoms. The van der Waals surface area contributed by atoms with Gasteiger partial charge in [-0.25, -0.2) is 0 Å². The molecule has 1 aromatic heterocycles. The highest BCUT2D eigenvalue weighted by Crippen LogP contribution is 2.15. The number of nitrogens with zero attached hydrogens (tertiary/aromatic N) is 2. The number of carbonyl (C=O) groups excluding carboxylic acids is 2. The average Bonchev–Trinajstić information content (AvgIpc) is 3.19. The molecule has 1 aromatic carbocycles. The van der Waals surface area contributed by atoms with Gasteiger partial charge in [0.25, 0.3) is 17.4 Å². The molecular formula is C20H23N3O4. The van der Waals surface area contributed by atoms with E-state index < -0.39 is 5.91 Å². The maximum Gasteiger partial charge on any atom is 0.274 e. The van der Waals surface area contributed by atoms with E-state index in [0.29, 0.717) is 24.4 Å². The van der Waals surface area contributed by atoms with Gasteiger partial charge in [-0.1, -0.05) is 17.7 Å². The minimum absolute atomic E-state index is 0.0695. The predicted octanol–water partition coefficient (Wildman–Crippen LogP) is 1.95. The lowest BCUT2D eigenvalue weighted by Crippen LogP contribution is -2.31. The third kappa shape index (κ3) is 4.55. The van der Waals surface area contributed by atoms with Crippen LogP contribution in [0.15, 0.2) is 41.3 Å². The fraction of sp³-hybridized carbons (Fsp3) is 0.350. The van der Waals surface area contributed by atoms with Crippen molar-refractivity contribution in [2.75, 3.05) is 25.0 Å². The molecule has 1 aliphatic rings. The van der Waals surface area contributed by atoms with Gasteiger partial charge in [-0.05, 0) is 38.0 Å². The fourth-order valence-electron chi connectivity index (χ4n) is 2.99. The summed E-state index contributed by atoms with van der Waals surface area (Å²) in [6.45, 7) is 3.17. The molecule has 0 unspecified atom stereocenters. The summed E-state index contributed by atoms with van der Waals surface area (Å²) in [7, 11) is 1.56. The highest BCUT2D eigenvalue weighted by atomic mass is 16.5. The molecule has 0 spiro atoms. The summed E-state index contributed by atoms with van der Waals surface area (Å²) >= 11 is 0. The zero-order valence-corrected chi connectivity index (χ0v) is 15.5. The molecule has 27 heavy (non-hydrogen) atoms. The molecular weight excluding hydrogens is 346 g/mol. The van der Waals surface area contributed by atoms with Crippen LogP contribution in [0.25, 0.3) is 0 Å². The van der Waals surface area contributed by atoms with Gasteiger partial charge in [0.15, 0.2) is 6.61 Å². The van der Waals surface area contributed by atoms with Crippen molar-refractivity contribution in [3.63, 3.8) is 0 Å². The van der Waals surface area contributed by atoms with E-state index >= 15 is 0 Å². The van der Waals surface area contributed by atoms with E-state index in [-0.39, 0.29) is 23.8 Å². The number of hydrogen-bond donors (Lipinski definition) is 1. The van der Waals surface area contributed by atoms with Gasteiger partial charge in [0.2, 0.25) is 0 Å². The molecule has 0 saturated carbocycles. The van der Waals surface area contributed by atoms with E-state index in [1.807, 2.05) is 19.1 Å². The highest BCUT2D eigenvalue weighted by molar-refractivity contribution is 5.97. The van der Waals surface area contributed by atoms with Crippen LogP contribution in [-0.4, -0.2) is 41.0 Å². The van der Waals surface area contributed by atoms with Crippen LogP contribution in [0.2, 0.25) is 0 Å². The quantitative estimate of drug-likeness (QED) is 0.873. The molecule has 1 aliphatic heterocycles. The predicted molar refractivity (Wildman–Crippen MR) is 102 cm³/mol. The van der Waals surface area contributed by atoms with Crippen LogP contribution in [-0.2, 0) is 11.8 Å². The third-order valence-electron chi connectivity index (χ3n) is 4.49. The second-order valence-electron chi connectivity index (χ2n) is 6.71. The Morgan fingerprint density at radius 3 is 2.48 bits per heavy atom. The number of carbonyl (C=O) groups is 2. The van der Waals surface area contributed by atoms with Crippen LogP contribution >= 0.6 is 0 Å². The number of hydrogen-bond acceptors (Lipinski definition) is 4. The van der Waals surface area contributed by atoms with Crippen LogP contribution < -0.4 is 15.6 Å². The number of rotatable bonds is 5. The monoisotopic (exact) mass is 369 g/mol. The number of ether oxygens (including phenoxy) is 1. The van der Waals surface area contributed by atoms with Gasteiger partial charge >= 0.3 is 0 Å². The second kappa shape index (κ2) is 8.07. The molecule has 2 aromatic rings. The Morgan fingerprint density at radius 1 is 1.15 bits per heavy atom. The van der Waals surface area contributed by atoms with Crippen LogP contribution in [0.4, 0.5) is 5.69 Å². The van der Waals surface area contributed by atoms with Gasteiger partial charge in [0.05, 0.1) is 5.56 Å². The van der Waals surface area contributed by atoms with Crippen molar-refractivity contribution in [2.24, 2.45) is 7.05 Å². The molecule has 7 nitrogen and oxygen atoms in total. The standard InChI is InChI=1S/C20H23N3O4/c1-14-5-7-16(8-6-14)27-13-18(24)21-17-11-15(12-22(2)20(17)26)19(25)23-9-3-4-10-23/h5-8,11-12H,3-4,9-10,13H2,1-2H3,(H,21,24). The Hall–Kier alpha value is -3.09. The number of benzene rings is 1. The highest BCUT2D eigenvalue weighted by Gasteiger charge is 2.21. The minimum Gasteiger partial charge on any atom is -0.484 e. The van der Waals surface area contributed by atoms with Gasteiger partial charge < -0.3 is 19.5 Å². The lowest BCUT2D eigenvalue weighted by atomic mass is 10.2. The Kier molecular flexibility index (Phi) is 5.59. The van der Waals surface area contributed by atoms with Crippen LogP contribution in [0.3, 0.4) is 0 Å². The van der Waals surface area contributed by atoms with Crippen molar-refractivity contribution < 1.29 is 14.3 Å². The Balaban J connectivity index is 1.69. The first kappa shape index (κ1) is 18.7. The molecule has 7 heteroatoms. The number of amides is 2. The smallest absolute Gasteiger partial charge is 0.274 e. The zero-order valence-electron chi connectivity index (χ0n) is 15.5. The summed E-state index contributed by atoms with van der Waals surface area (Å²) in [5, 5.41) is 2.55. The first-order valence-electron chi connectivity index (χ1n) is 8.93.